The molecular weight excluding hydrogens is 517 g/mol. The lowest BCUT2D eigenvalue weighted by atomic mass is 10.0. The Hall–Kier alpha value is -3.81. The molecule has 0 aliphatic carbocycles. The minimum Gasteiger partial charge on any atom is -0.475 e. The zero-order valence-corrected chi connectivity index (χ0v) is 21.3. The number of halogens is 2. The van der Waals surface area contributed by atoms with Crippen LogP contribution in [0.4, 0.5) is 0 Å². The number of ether oxygens (including phenoxy) is 1. The third-order valence-corrected chi connectivity index (χ3v) is 6.56. The number of carbonyl (C=O) groups excluding carboxylic acids is 2. The number of hydrogen-bond acceptors (Lipinski definition) is 5. The molecule has 0 aliphatic rings. The summed E-state index contributed by atoms with van der Waals surface area (Å²) in [6.07, 6.45) is -0.650. The van der Waals surface area contributed by atoms with Crippen LogP contribution in [0.3, 0.4) is 0 Å². The molecule has 0 spiro atoms. The standard InChI is InChI=1S/C28H23Cl2NO6/c1-16(31-26(32)15-21-9-11-24(36-21)27(33)34)25(13-17-6-10-22(29)23(30)12-17)37-28(35)20-8-7-18-4-2-3-5-19(18)14-20/h2-12,14,16,25H,13,15H2,1H3,(H,31,32)(H,33,34)/t16-,25+/m0/s1. The van der Waals surface area contributed by atoms with Crippen LogP contribution < -0.4 is 5.32 Å². The Labute approximate surface area is 222 Å². The topological polar surface area (TPSA) is 106 Å². The van der Waals surface area contributed by atoms with Crippen molar-refractivity contribution < 1.29 is 28.6 Å². The van der Waals surface area contributed by atoms with Gasteiger partial charge in [0.15, 0.2) is 0 Å². The Bertz CT molecular complexity index is 1460. The van der Waals surface area contributed by atoms with E-state index in [0.717, 1.165) is 16.3 Å². The lowest BCUT2D eigenvalue weighted by Gasteiger charge is -2.25. The number of rotatable bonds is 9. The molecule has 1 aromatic heterocycles. The van der Waals surface area contributed by atoms with Gasteiger partial charge in [0.2, 0.25) is 11.7 Å². The number of hydrogen-bond donors (Lipinski definition) is 2. The van der Waals surface area contributed by atoms with Gasteiger partial charge in [-0.2, -0.15) is 0 Å². The highest BCUT2D eigenvalue weighted by Gasteiger charge is 2.25. The maximum atomic E-state index is 13.1. The lowest BCUT2D eigenvalue weighted by Crippen LogP contribution is -2.45. The highest BCUT2D eigenvalue weighted by atomic mass is 35.5. The molecule has 3 aromatic carbocycles. The summed E-state index contributed by atoms with van der Waals surface area (Å²) < 4.78 is 11.0. The lowest BCUT2D eigenvalue weighted by molar-refractivity contribution is -0.122. The van der Waals surface area contributed by atoms with Crippen molar-refractivity contribution in [3.05, 3.63) is 105 Å². The van der Waals surface area contributed by atoms with Gasteiger partial charge in [-0.3, -0.25) is 4.79 Å². The van der Waals surface area contributed by atoms with Gasteiger partial charge in [0.25, 0.3) is 0 Å². The van der Waals surface area contributed by atoms with Crippen molar-refractivity contribution in [3.63, 3.8) is 0 Å². The maximum absolute atomic E-state index is 13.1. The molecule has 7 nitrogen and oxygen atoms in total. The van der Waals surface area contributed by atoms with E-state index in [2.05, 4.69) is 5.32 Å². The Morgan fingerprint density at radius 1 is 0.946 bits per heavy atom. The van der Waals surface area contributed by atoms with E-state index in [1.54, 1.807) is 37.3 Å². The molecule has 2 N–H and O–H groups in total. The maximum Gasteiger partial charge on any atom is 0.371 e. The molecule has 0 saturated heterocycles. The van der Waals surface area contributed by atoms with E-state index < -0.39 is 30.0 Å². The molecule has 9 heteroatoms. The van der Waals surface area contributed by atoms with E-state index in [1.807, 2.05) is 30.3 Å². The van der Waals surface area contributed by atoms with Crippen LogP contribution in [0.5, 0.6) is 0 Å². The van der Waals surface area contributed by atoms with Crippen molar-refractivity contribution in [1.29, 1.82) is 0 Å². The molecule has 4 aromatic rings. The van der Waals surface area contributed by atoms with Gasteiger partial charge in [0, 0.05) is 6.42 Å². The van der Waals surface area contributed by atoms with Crippen LogP contribution in [0.2, 0.25) is 10.0 Å². The van der Waals surface area contributed by atoms with E-state index in [-0.39, 0.29) is 24.4 Å². The third kappa shape index (κ3) is 6.70. The molecule has 0 radical (unpaired) electrons. The number of benzene rings is 3. The number of furan rings is 1. The SMILES string of the molecule is C[C@H](NC(=O)Cc1ccc(C(=O)O)o1)[C@@H](Cc1ccc(Cl)c(Cl)c1)OC(=O)c1ccc2ccccc2c1. The Morgan fingerprint density at radius 2 is 1.70 bits per heavy atom. The van der Waals surface area contributed by atoms with Crippen LogP contribution in [0.1, 0.15) is 39.2 Å². The van der Waals surface area contributed by atoms with Crippen molar-refractivity contribution in [2.75, 3.05) is 0 Å². The number of esters is 1. The quantitative estimate of drug-likeness (QED) is 0.254. The van der Waals surface area contributed by atoms with Crippen LogP contribution >= 0.6 is 23.2 Å². The van der Waals surface area contributed by atoms with Gasteiger partial charge in [-0.05, 0) is 59.7 Å². The van der Waals surface area contributed by atoms with Crippen LogP contribution in [-0.2, 0) is 22.4 Å². The first-order valence-corrected chi connectivity index (χ1v) is 12.2. The first-order valence-electron chi connectivity index (χ1n) is 11.4. The zero-order valence-electron chi connectivity index (χ0n) is 19.7. The molecule has 0 fully saturated rings. The summed E-state index contributed by atoms with van der Waals surface area (Å²) >= 11 is 12.2. The van der Waals surface area contributed by atoms with E-state index in [4.69, 9.17) is 37.5 Å². The molecule has 1 heterocycles. The average molecular weight is 540 g/mol. The summed E-state index contributed by atoms with van der Waals surface area (Å²) in [4.78, 5) is 36.8. The van der Waals surface area contributed by atoms with E-state index in [9.17, 15) is 14.4 Å². The van der Waals surface area contributed by atoms with Crippen LogP contribution in [0.15, 0.2) is 77.2 Å². The molecule has 2 atom stereocenters. The van der Waals surface area contributed by atoms with E-state index >= 15 is 0 Å². The number of aromatic carboxylic acids is 1. The Balaban J connectivity index is 1.51. The van der Waals surface area contributed by atoms with Gasteiger partial charge < -0.3 is 19.6 Å². The van der Waals surface area contributed by atoms with Gasteiger partial charge in [-0.1, -0.05) is 59.6 Å². The zero-order chi connectivity index (χ0) is 26.5. The first kappa shape index (κ1) is 26.3. The third-order valence-electron chi connectivity index (χ3n) is 5.82. The van der Waals surface area contributed by atoms with E-state index in [1.165, 1.54) is 12.1 Å². The normalized spacial score (nSPS) is 12.6. The van der Waals surface area contributed by atoms with Crippen molar-refractivity contribution in [2.24, 2.45) is 0 Å². The minimum absolute atomic E-state index is 0.171. The van der Waals surface area contributed by atoms with Gasteiger partial charge in [-0.25, -0.2) is 9.59 Å². The summed E-state index contributed by atoms with van der Waals surface area (Å²) in [5.74, 6) is -2.22. The summed E-state index contributed by atoms with van der Waals surface area (Å²) in [5, 5.41) is 14.5. The van der Waals surface area contributed by atoms with E-state index in [0.29, 0.717) is 15.6 Å². The molecule has 0 aliphatic heterocycles. The van der Waals surface area contributed by atoms with Crippen molar-refractivity contribution in [2.45, 2.75) is 31.9 Å². The van der Waals surface area contributed by atoms with Crippen LogP contribution in [0.25, 0.3) is 10.8 Å². The smallest absolute Gasteiger partial charge is 0.371 e. The molecule has 0 bridgehead atoms. The summed E-state index contributed by atoms with van der Waals surface area (Å²) in [6, 6.07) is 20.2. The summed E-state index contributed by atoms with van der Waals surface area (Å²) in [6.45, 7) is 1.72. The number of amides is 1. The number of carboxylic acid groups (broad SMARTS) is 1. The van der Waals surface area contributed by atoms with Gasteiger partial charge >= 0.3 is 11.9 Å². The van der Waals surface area contributed by atoms with Crippen LogP contribution in [-0.4, -0.2) is 35.1 Å². The molecule has 0 unspecified atom stereocenters. The first-order chi connectivity index (χ1) is 17.7. The number of fused-ring (bicyclic) bond motifs is 1. The molecule has 37 heavy (non-hydrogen) atoms. The predicted octanol–water partition coefficient (Wildman–Crippen LogP) is 5.95. The van der Waals surface area contributed by atoms with Crippen LogP contribution in [0, 0.1) is 0 Å². The average Bonchev–Trinajstić information content (AvgIpc) is 3.34. The second kappa shape index (κ2) is 11.5. The van der Waals surface area contributed by atoms with Gasteiger partial charge in [0.1, 0.15) is 11.9 Å². The summed E-state index contributed by atoms with van der Waals surface area (Å²) in [5.41, 5.74) is 1.15. The van der Waals surface area contributed by atoms with Gasteiger partial charge in [0.05, 0.1) is 28.1 Å². The highest BCUT2D eigenvalue weighted by molar-refractivity contribution is 6.42. The fourth-order valence-corrected chi connectivity index (χ4v) is 4.21. The van der Waals surface area contributed by atoms with Crippen molar-refractivity contribution in [1.82, 2.24) is 5.32 Å². The number of carbonyl (C=O) groups is 3. The fraction of sp³-hybridized carbons (Fsp3) is 0.179. The predicted molar refractivity (Wildman–Crippen MR) is 140 cm³/mol. The van der Waals surface area contributed by atoms with Gasteiger partial charge in [-0.15, -0.1) is 0 Å². The summed E-state index contributed by atoms with van der Waals surface area (Å²) in [7, 11) is 0. The molecule has 0 saturated carbocycles. The fourth-order valence-electron chi connectivity index (χ4n) is 3.89. The molecule has 4 rings (SSSR count). The second-order valence-corrected chi connectivity index (χ2v) is 9.38. The number of carboxylic acids is 1. The van der Waals surface area contributed by atoms with Crippen molar-refractivity contribution >= 4 is 51.8 Å². The molecular formula is C28H23Cl2NO6. The monoisotopic (exact) mass is 539 g/mol. The highest BCUT2D eigenvalue weighted by Crippen LogP contribution is 2.25. The second-order valence-electron chi connectivity index (χ2n) is 8.56. The Kier molecular flexibility index (Phi) is 8.16. The largest absolute Gasteiger partial charge is 0.475 e. The minimum atomic E-state index is -1.22. The Morgan fingerprint density at radius 3 is 2.41 bits per heavy atom. The molecule has 190 valence electrons. The van der Waals surface area contributed by atoms with Crippen molar-refractivity contribution in [3.8, 4) is 0 Å². The molecule has 1 amide bonds. The number of nitrogens with one attached hydrogen (secondary N) is 1.